The minimum absolute atomic E-state index is 0.668. The third kappa shape index (κ3) is 1.90. The summed E-state index contributed by atoms with van der Waals surface area (Å²) < 4.78 is 0. The van der Waals surface area contributed by atoms with E-state index in [0.717, 1.165) is 22.8 Å². The van der Waals surface area contributed by atoms with Crippen molar-refractivity contribution < 1.29 is 4.79 Å². The fraction of sp³-hybridized carbons (Fsp3) is 0. The summed E-state index contributed by atoms with van der Waals surface area (Å²) in [6.45, 7) is 0. The Labute approximate surface area is 92.2 Å². The maximum Gasteiger partial charge on any atom is 0.142 e. The van der Waals surface area contributed by atoms with Crippen LogP contribution in [0.2, 0.25) is 5.02 Å². The van der Waals surface area contributed by atoms with Crippen molar-refractivity contribution in [1.29, 1.82) is 0 Å². The van der Waals surface area contributed by atoms with Crippen LogP contribution in [0.1, 0.15) is 5.56 Å². The number of rotatable bonds is 2. The summed E-state index contributed by atoms with van der Waals surface area (Å²) in [5, 5.41) is 1.56. The number of pyridine rings is 1. The van der Waals surface area contributed by atoms with Gasteiger partial charge in [0, 0.05) is 17.1 Å². The second-order valence-corrected chi connectivity index (χ2v) is 3.44. The molecule has 1 aromatic heterocycles. The van der Waals surface area contributed by atoms with Crippen LogP contribution in [0.25, 0.3) is 17.0 Å². The van der Waals surface area contributed by atoms with Crippen molar-refractivity contribution in [2.75, 3.05) is 0 Å². The van der Waals surface area contributed by atoms with Gasteiger partial charge < -0.3 is 0 Å². The molecule has 0 fully saturated rings. The molecular formula is C12H8ClNO. The van der Waals surface area contributed by atoms with E-state index >= 15 is 0 Å². The second kappa shape index (κ2) is 4.24. The molecule has 0 aliphatic rings. The first-order chi connectivity index (χ1) is 7.33. The van der Waals surface area contributed by atoms with E-state index in [1.54, 1.807) is 18.3 Å². The highest BCUT2D eigenvalue weighted by atomic mass is 35.5. The smallest absolute Gasteiger partial charge is 0.142 e. The summed E-state index contributed by atoms with van der Waals surface area (Å²) >= 11 is 6.03. The molecule has 0 aliphatic heterocycles. The van der Waals surface area contributed by atoms with Crippen molar-refractivity contribution in [3.63, 3.8) is 0 Å². The summed E-state index contributed by atoms with van der Waals surface area (Å²) in [5.41, 5.74) is 1.70. The third-order valence-corrected chi connectivity index (χ3v) is 2.43. The number of carbonyl (C=O) groups excluding carboxylic acids is 1. The Morgan fingerprint density at radius 1 is 1.27 bits per heavy atom. The van der Waals surface area contributed by atoms with Crippen molar-refractivity contribution in [3.8, 4) is 0 Å². The number of allylic oxidation sites excluding steroid dienone is 1. The Morgan fingerprint density at radius 2 is 2.13 bits per heavy atom. The molecule has 2 aromatic rings. The molecule has 0 spiro atoms. The SMILES string of the molecule is O=C/C=C/c1ccc(Cl)c2cccnc12. The molecule has 0 saturated heterocycles. The number of fused-ring (bicyclic) bond motifs is 1. The topological polar surface area (TPSA) is 30.0 Å². The van der Waals surface area contributed by atoms with Crippen LogP contribution in [0.4, 0.5) is 0 Å². The summed E-state index contributed by atoms with van der Waals surface area (Å²) in [6.07, 6.45) is 5.61. The average Bonchev–Trinajstić information content (AvgIpc) is 2.29. The lowest BCUT2D eigenvalue weighted by Crippen LogP contribution is -1.83. The zero-order valence-electron chi connectivity index (χ0n) is 7.85. The van der Waals surface area contributed by atoms with E-state index in [2.05, 4.69) is 4.98 Å². The highest BCUT2D eigenvalue weighted by molar-refractivity contribution is 6.35. The summed E-state index contributed by atoms with van der Waals surface area (Å²) in [4.78, 5) is 14.5. The molecule has 1 heterocycles. The molecule has 0 saturated carbocycles. The molecule has 0 bridgehead atoms. The highest BCUT2D eigenvalue weighted by Crippen LogP contribution is 2.25. The van der Waals surface area contributed by atoms with E-state index in [1.807, 2.05) is 18.2 Å². The third-order valence-electron chi connectivity index (χ3n) is 2.10. The van der Waals surface area contributed by atoms with Gasteiger partial charge in [0.05, 0.1) is 10.5 Å². The first kappa shape index (κ1) is 9.87. The van der Waals surface area contributed by atoms with Gasteiger partial charge in [-0.15, -0.1) is 0 Å². The van der Waals surface area contributed by atoms with Crippen LogP contribution in [0.15, 0.2) is 36.5 Å². The van der Waals surface area contributed by atoms with Crippen molar-refractivity contribution in [2.45, 2.75) is 0 Å². The molecular weight excluding hydrogens is 210 g/mol. The van der Waals surface area contributed by atoms with Crippen molar-refractivity contribution in [1.82, 2.24) is 4.98 Å². The van der Waals surface area contributed by atoms with Gasteiger partial charge in [0.2, 0.25) is 0 Å². The minimum atomic E-state index is 0.668. The van der Waals surface area contributed by atoms with Crippen molar-refractivity contribution in [2.24, 2.45) is 0 Å². The van der Waals surface area contributed by atoms with E-state index in [1.165, 1.54) is 6.08 Å². The first-order valence-corrected chi connectivity index (χ1v) is 4.86. The van der Waals surface area contributed by atoms with Gasteiger partial charge >= 0.3 is 0 Å². The molecule has 74 valence electrons. The quantitative estimate of drug-likeness (QED) is 0.572. The lowest BCUT2D eigenvalue weighted by Gasteiger charge is -2.02. The summed E-state index contributed by atoms with van der Waals surface area (Å²) in [5.74, 6) is 0. The van der Waals surface area contributed by atoms with Crippen molar-refractivity contribution in [3.05, 3.63) is 47.1 Å². The Morgan fingerprint density at radius 3 is 2.93 bits per heavy atom. The number of aromatic nitrogens is 1. The maximum absolute atomic E-state index is 10.2. The molecule has 0 N–H and O–H groups in total. The van der Waals surface area contributed by atoms with Crippen LogP contribution in [0.5, 0.6) is 0 Å². The number of hydrogen-bond donors (Lipinski definition) is 0. The second-order valence-electron chi connectivity index (χ2n) is 3.03. The number of halogens is 1. The van der Waals surface area contributed by atoms with Gasteiger partial charge in [0.1, 0.15) is 6.29 Å². The van der Waals surface area contributed by atoms with E-state index in [9.17, 15) is 4.79 Å². The molecule has 15 heavy (non-hydrogen) atoms. The normalized spacial score (nSPS) is 11.0. The molecule has 0 amide bonds. The van der Waals surface area contributed by atoms with Gasteiger partial charge in [-0.05, 0) is 30.4 Å². The van der Waals surface area contributed by atoms with Gasteiger partial charge in [0.25, 0.3) is 0 Å². The number of aldehydes is 1. The number of benzene rings is 1. The molecule has 0 radical (unpaired) electrons. The Bertz CT molecular complexity index is 534. The first-order valence-electron chi connectivity index (χ1n) is 4.48. The van der Waals surface area contributed by atoms with Gasteiger partial charge in [-0.3, -0.25) is 9.78 Å². The number of hydrogen-bond acceptors (Lipinski definition) is 2. The van der Waals surface area contributed by atoms with Crippen LogP contribution in [-0.2, 0) is 4.79 Å². The zero-order valence-corrected chi connectivity index (χ0v) is 8.61. The van der Waals surface area contributed by atoms with Crippen LogP contribution in [-0.4, -0.2) is 11.3 Å². The van der Waals surface area contributed by atoms with E-state index < -0.39 is 0 Å². The maximum atomic E-state index is 10.2. The number of nitrogens with zero attached hydrogens (tertiary/aromatic N) is 1. The molecule has 0 atom stereocenters. The van der Waals surface area contributed by atoms with Gasteiger partial charge in [-0.1, -0.05) is 17.7 Å². The Hall–Kier alpha value is -1.67. The zero-order chi connectivity index (χ0) is 10.7. The predicted molar refractivity (Wildman–Crippen MR) is 61.9 cm³/mol. The fourth-order valence-corrected chi connectivity index (χ4v) is 1.65. The lowest BCUT2D eigenvalue weighted by molar-refractivity contribution is -0.104. The van der Waals surface area contributed by atoms with Gasteiger partial charge in [-0.2, -0.15) is 0 Å². The van der Waals surface area contributed by atoms with Crippen LogP contribution in [0, 0.1) is 0 Å². The summed E-state index contributed by atoms with van der Waals surface area (Å²) in [6, 6.07) is 7.39. The van der Waals surface area contributed by atoms with E-state index in [0.29, 0.717) is 5.02 Å². The Kier molecular flexibility index (Phi) is 2.79. The Balaban J connectivity index is 2.71. The predicted octanol–water partition coefficient (Wildman–Crippen LogP) is 3.10. The highest BCUT2D eigenvalue weighted by Gasteiger charge is 2.02. The average molecular weight is 218 g/mol. The minimum Gasteiger partial charge on any atom is -0.299 e. The van der Waals surface area contributed by atoms with E-state index in [-0.39, 0.29) is 0 Å². The van der Waals surface area contributed by atoms with Gasteiger partial charge in [0.15, 0.2) is 0 Å². The van der Waals surface area contributed by atoms with Crippen LogP contribution in [0.3, 0.4) is 0 Å². The molecule has 0 unspecified atom stereocenters. The molecule has 0 aliphatic carbocycles. The number of carbonyl (C=O) groups is 1. The lowest BCUT2D eigenvalue weighted by atomic mass is 10.1. The monoisotopic (exact) mass is 217 g/mol. The fourth-order valence-electron chi connectivity index (χ4n) is 1.44. The van der Waals surface area contributed by atoms with Crippen LogP contribution < -0.4 is 0 Å². The molecule has 2 rings (SSSR count). The molecule has 1 aromatic carbocycles. The van der Waals surface area contributed by atoms with Crippen molar-refractivity contribution >= 4 is 34.9 Å². The largest absolute Gasteiger partial charge is 0.299 e. The van der Waals surface area contributed by atoms with Gasteiger partial charge in [-0.25, -0.2) is 0 Å². The molecule has 3 heteroatoms. The molecule has 2 nitrogen and oxygen atoms in total. The van der Waals surface area contributed by atoms with E-state index in [4.69, 9.17) is 11.6 Å². The summed E-state index contributed by atoms with van der Waals surface area (Å²) in [7, 11) is 0. The standard InChI is InChI=1S/C12H8ClNO/c13-11-6-5-9(3-2-8-15)12-10(11)4-1-7-14-12/h1-8H/b3-2+. The van der Waals surface area contributed by atoms with Crippen LogP contribution >= 0.6 is 11.6 Å².